The number of pyridine rings is 1. The van der Waals surface area contributed by atoms with Gasteiger partial charge in [-0.3, -0.25) is 4.98 Å². The van der Waals surface area contributed by atoms with Gasteiger partial charge < -0.3 is 10.2 Å². The van der Waals surface area contributed by atoms with Crippen LogP contribution in [-0.4, -0.2) is 30.7 Å². The van der Waals surface area contributed by atoms with Gasteiger partial charge in [-0.25, -0.2) is 0 Å². The quantitative estimate of drug-likeness (QED) is 0.889. The lowest BCUT2D eigenvalue weighted by molar-refractivity contribution is 0.399. The van der Waals surface area contributed by atoms with Crippen molar-refractivity contribution in [3.63, 3.8) is 0 Å². The van der Waals surface area contributed by atoms with Crippen molar-refractivity contribution >= 4 is 17.3 Å². The minimum atomic E-state index is 0.592. The minimum absolute atomic E-state index is 0.592. The summed E-state index contributed by atoms with van der Waals surface area (Å²) in [4.78, 5) is 6.44. The molecule has 0 aromatic carbocycles. The summed E-state index contributed by atoms with van der Waals surface area (Å²) in [5.74, 6) is 0. The standard InChI is InChI=1S/C14H22ClN3/c1-2-9-18(11-12-5-3-4-7-17-12)14-6-8-16-10-13(14)15/h6,8,10,12,17H,2-5,7,9,11H2,1H3. The molecular formula is C14H22ClN3. The van der Waals surface area contributed by atoms with Crippen molar-refractivity contribution in [1.82, 2.24) is 10.3 Å². The van der Waals surface area contributed by atoms with Crippen molar-refractivity contribution in [2.24, 2.45) is 0 Å². The molecular weight excluding hydrogens is 246 g/mol. The van der Waals surface area contributed by atoms with E-state index in [1.54, 1.807) is 6.20 Å². The first-order chi connectivity index (χ1) is 8.81. The Kier molecular flexibility index (Phi) is 5.26. The molecule has 1 aliphatic heterocycles. The van der Waals surface area contributed by atoms with Crippen LogP contribution in [0, 0.1) is 0 Å². The monoisotopic (exact) mass is 267 g/mol. The molecule has 1 fully saturated rings. The Bertz CT molecular complexity index is 364. The third-order valence-corrected chi connectivity index (χ3v) is 3.73. The average molecular weight is 268 g/mol. The highest BCUT2D eigenvalue weighted by Crippen LogP contribution is 2.25. The van der Waals surface area contributed by atoms with Gasteiger partial charge in [-0.1, -0.05) is 24.9 Å². The van der Waals surface area contributed by atoms with Crippen LogP contribution in [0.1, 0.15) is 32.6 Å². The van der Waals surface area contributed by atoms with Crippen LogP contribution in [0.15, 0.2) is 18.5 Å². The van der Waals surface area contributed by atoms with Crippen LogP contribution in [0.2, 0.25) is 5.02 Å². The summed E-state index contributed by atoms with van der Waals surface area (Å²) >= 11 is 6.25. The molecule has 1 aromatic heterocycles. The number of piperidine rings is 1. The van der Waals surface area contributed by atoms with E-state index in [0.717, 1.165) is 36.8 Å². The normalized spacial score (nSPS) is 19.8. The lowest BCUT2D eigenvalue weighted by Gasteiger charge is -2.32. The Morgan fingerprint density at radius 1 is 1.50 bits per heavy atom. The van der Waals surface area contributed by atoms with E-state index < -0.39 is 0 Å². The summed E-state index contributed by atoms with van der Waals surface area (Å²) in [6, 6.07) is 2.61. The molecule has 0 aliphatic carbocycles. The van der Waals surface area contributed by atoms with Crippen LogP contribution in [0.5, 0.6) is 0 Å². The maximum absolute atomic E-state index is 6.25. The molecule has 1 N–H and O–H groups in total. The average Bonchev–Trinajstić information content (AvgIpc) is 2.40. The molecule has 1 atom stereocenters. The third-order valence-electron chi connectivity index (χ3n) is 3.44. The van der Waals surface area contributed by atoms with E-state index in [1.165, 1.54) is 19.3 Å². The molecule has 1 saturated heterocycles. The second-order valence-corrected chi connectivity index (χ2v) is 5.33. The smallest absolute Gasteiger partial charge is 0.0822 e. The van der Waals surface area contributed by atoms with E-state index in [-0.39, 0.29) is 0 Å². The van der Waals surface area contributed by atoms with Crippen LogP contribution in [0.3, 0.4) is 0 Å². The summed E-state index contributed by atoms with van der Waals surface area (Å²) in [5, 5.41) is 4.35. The summed E-state index contributed by atoms with van der Waals surface area (Å²) in [7, 11) is 0. The van der Waals surface area contributed by atoms with Gasteiger partial charge in [0.15, 0.2) is 0 Å². The van der Waals surface area contributed by atoms with Gasteiger partial charge in [0.05, 0.1) is 10.7 Å². The van der Waals surface area contributed by atoms with E-state index >= 15 is 0 Å². The predicted octanol–water partition coefficient (Wildman–Crippen LogP) is 3.09. The number of hydrogen-bond acceptors (Lipinski definition) is 3. The highest BCUT2D eigenvalue weighted by molar-refractivity contribution is 6.33. The van der Waals surface area contributed by atoms with E-state index in [9.17, 15) is 0 Å². The summed E-state index contributed by atoms with van der Waals surface area (Å²) in [6.45, 7) is 5.44. The van der Waals surface area contributed by atoms with Gasteiger partial charge in [-0.15, -0.1) is 0 Å². The molecule has 2 heterocycles. The first-order valence-electron chi connectivity index (χ1n) is 6.89. The fourth-order valence-electron chi connectivity index (χ4n) is 2.55. The van der Waals surface area contributed by atoms with Gasteiger partial charge in [0, 0.05) is 31.5 Å². The number of nitrogens with one attached hydrogen (secondary N) is 1. The molecule has 4 heteroatoms. The van der Waals surface area contributed by atoms with Crippen molar-refractivity contribution in [3.05, 3.63) is 23.5 Å². The number of rotatable bonds is 5. The van der Waals surface area contributed by atoms with Crippen LogP contribution in [0.25, 0.3) is 0 Å². The number of aromatic nitrogens is 1. The Hall–Kier alpha value is -0.800. The summed E-state index contributed by atoms with van der Waals surface area (Å²) < 4.78 is 0. The highest BCUT2D eigenvalue weighted by Gasteiger charge is 2.17. The Balaban J connectivity index is 2.05. The molecule has 3 nitrogen and oxygen atoms in total. The molecule has 100 valence electrons. The zero-order chi connectivity index (χ0) is 12.8. The highest BCUT2D eigenvalue weighted by atomic mass is 35.5. The molecule has 2 rings (SSSR count). The summed E-state index contributed by atoms with van der Waals surface area (Å²) in [6.07, 6.45) is 8.59. The lowest BCUT2D eigenvalue weighted by Crippen LogP contribution is -2.44. The maximum atomic E-state index is 6.25. The van der Waals surface area contributed by atoms with Crippen molar-refractivity contribution in [2.45, 2.75) is 38.6 Å². The molecule has 0 amide bonds. The van der Waals surface area contributed by atoms with Gasteiger partial charge in [-0.05, 0) is 31.9 Å². The first kappa shape index (κ1) is 13.6. The van der Waals surface area contributed by atoms with E-state index in [0.29, 0.717) is 6.04 Å². The van der Waals surface area contributed by atoms with Crippen molar-refractivity contribution in [3.8, 4) is 0 Å². The molecule has 0 saturated carbocycles. The zero-order valence-electron chi connectivity index (χ0n) is 11.0. The number of hydrogen-bond donors (Lipinski definition) is 1. The molecule has 0 bridgehead atoms. The van der Waals surface area contributed by atoms with Crippen molar-refractivity contribution in [2.75, 3.05) is 24.5 Å². The minimum Gasteiger partial charge on any atom is -0.369 e. The van der Waals surface area contributed by atoms with E-state index in [2.05, 4.69) is 22.1 Å². The molecule has 18 heavy (non-hydrogen) atoms. The van der Waals surface area contributed by atoms with Gasteiger partial charge in [-0.2, -0.15) is 0 Å². The van der Waals surface area contributed by atoms with Crippen molar-refractivity contribution in [1.29, 1.82) is 0 Å². The number of nitrogens with zero attached hydrogens (tertiary/aromatic N) is 2. The van der Waals surface area contributed by atoms with Crippen molar-refractivity contribution < 1.29 is 0 Å². The van der Waals surface area contributed by atoms with E-state index in [4.69, 9.17) is 11.6 Å². The lowest BCUT2D eigenvalue weighted by atomic mass is 10.0. The SMILES string of the molecule is CCCN(CC1CCCCN1)c1ccncc1Cl. The molecule has 1 aromatic rings. The van der Waals surface area contributed by atoms with E-state index in [1.807, 2.05) is 12.3 Å². The largest absolute Gasteiger partial charge is 0.369 e. The van der Waals surface area contributed by atoms with Crippen LogP contribution >= 0.6 is 11.6 Å². The zero-order valence-corrected chi connectivity index (χ0v) is 11.8. The van der Waals surface area contributed by atoms with Gasteiger partial charge in [0.25, 0.3) is 0 Å². The Morgan fingerprint density at radius 3 is 3.06 bits per heavy atom. The second-order valence-electron chi connectivity index (χ2n) is 4.92. The predicted molar refractivity (Wildman–Crippen MR) is 77.4 cm³/mol. The first-order valence-corrected chi connectivity index (χ1v) is 7.27. The Morgan fingerprint density at radius 2 is 2.39 bits per heavy atom. The second kappa shape index (κ2) is 6.95. The fraction of sp³-hybridized carbons (Fsp3) is 0.643. The molecule has 1 aliphatic rings. The number of anilines is 1. The third kappa shape index (κ3) is 3.59. The summed E-state index contributed by atoms with van der Waals surface area (Å²) in [5.41, 5.74) is 1.11. The van der Waals surface area contributed by atoms with Gasteiger partial charge in [0.1, 0.15) is 0 Å². The van der Waals surface area contributed by atoms with Crippen LogP contribution < -0.4 is 10.2 Å². The Labute approximate surface area is 115 Å². The van der Waals surface area contributed by atoms with Crippen LogP contribution in [-0.2, 0) is 0 Å². The molecule has 0 spiro atoms. The van der Waals surface area contributed by atoms with Gasteiger partial charge in [0.2, 0.25) is 0 Å². The maximum Gasteiger partial charge on any atom is 0.0822 e. The molecule has 1 unspecified atom stereocenters. The molecule has 0 radical (unpaired) electrons. The topological polar surface area (TPSA) is 28.2 Å². The fourth-order valence-corrected chi connectivity index (χ4v) is 2.79. The number of halogens is 1. The van der Waals surface area contributed by atoms with Crippen LogP contribution in [0.4, 0.5) is 5.69 Å². The van der Waals surface area contributed by atoms with Gasteiger partial charge >= 0.3 is 0 Å².